The van der Waals surface area contributed by atoms with E-state index in [1.54, 1.807) is 0 Å². The van der Waals surface area contributed by atoms with Crippen LogP contribution in [0.15, 0.2) is 78.9 Å². The standard InChI is InChI=1S/C20H19O2PSi/c1-24(2)19-14-8-6-12-17(19)21-23(16-10-4-3-5-11-16)22-18-13-7-9-15-20(18)24/h3-15H,1-2H3. The van der Waals surface area contributed by atoms with E-state index in [4.69, 9.17) is 9.05 Å². The third-order valence-electron chi connectivity index (χ3n) is 4.45. The van der Waals surface area contributed by atoms with Crippen molar-refractivity contribution >= 4 is 32.1 Å². The van der Waals surface area contributed by atoms with Crippen LogP contribution in [-0.2, 0) is 0 Å². The van der Waals surface area contributed by atoms with Crippen molar-refractivity contribution in [2.24, 2.45) is 0 Å². The smallest absolute Gasteiger partial charge is 0.326 e. The molecule has 0 fully saturated rings. The van der Waals surface area contributed by atoms with E-state index in [1.165, 1.54) is 10.4 Å². The highest BCUT2D eigenvalue weighted by Gasteiger charge is 2.36. The molecule has 0 amide bonds. The maximum atomic E-state index is 6.39. The fraction of sp³-hybridized carbons (Fsp3) is 0.100. The third-order valence-corrected chi connectivity index (χ3v) is 9.41. The molecule has 24 heavy (non-hydrogen) atoms. The molecule has 4 rings (SSSR count). The van der Waals surface area contributed by atoms with Gasteiger partial charge in [0.15, 0.2) is 0 Å². The molecular formula is C20H19O2PSi. The lowest BCUT2D eigenvalue weighted by Gasteiger charge is -2.32. The quantitative estimate of drug-likeness (QED) is 0.489. The highest BCUT2D eigenvalue weighted by molar-refractivity contribution is 7.56. The van der Waals surface area contributed by atoms with Crippen LogP contribution in [0.25, 0.3) is 0 Å². The molecule has 2 nitrogen and oxygen atoms in total. The fourth-order valence-electron chi connectivity index (χ4n) is 3.12. The molecule has 0 unspecified atom stereocenters. The summed E-state index contributed by atoms with van der Waals surface area (Å²) < 4.78 is 12.8. The van der Waals surface area contributed by atoms with Gasteiger partial charge in [0.05, 0.1) is 5.30 Å². The Bertz CT molecular complexity index is 813. The highest BCUT2D eigenvalue weighted by Crippen LogP contribution is 2.41. The SMILES string of the molecule is C[Si]1(C)c2ccccc2OP(c2ccccc2)Oc2ccccc21. The van der Waals surface area contributed by atoms with Gasteiger partial charge in [-0.3, -0.25) is 0 Å². The summed E-state index contributed by atoms with van der Waals surface area (Å²) in [7, 11) is -3.09. The van der Waals surface area contributed by atoms with Crippen LogP contribution >= 0.6 is 8.38 Å². The lowest BCUT2D eigenvalue weighted by molar-refractivity contribution is 0.504. The van der Waals surface area contributed by atoms with Gasteiger partial charge in [0.1, 0.15) is 19.6 Å². The van der Waals surface area contributed by atoms with Crippen LogP contribution in [0, 0.1) is 0 Å². The summed E-state index contributed by atoms with van der Waals surface area (Å²) in [4.78, 5) is 0. The highest BCUT2D eigenvalue weighted by atomic mass is 31.2. The monoisotopic (exact) mass is 350 g/mol. The van der Waals surface area contributed by atoms with Crippen molar-refractivity contribution in [2.75, 3.05) is 0 Å². The maximum absolute atomic E-state index is 6.39. The zero-order valence-corrected chi connectivity index (χ0v) is 15.7. The second-order valence-corrected chi connectivity index (χ2v) is 12.1. The molecule has 1 aliphatic heterocycles. The first kappa shape index (κ1) is 15.4. The van der Waals surface area contributed by atoms with E-state index < -0.39 is 16.4 Å². The molecule has 0 saturated heterocycles. The first-order chi connectivity index (χ1) is 11.7. The maximum Gasteiger partial charge on any atom is 0.326 e. The molecule has 0 atom stereocenters. The van der Waals surface area contributed by atoms with Gasteiger partial charge in [-0.1, -0.05) is 67.7 Å². The van der Waals surface area contributed by atoms with E-state index in [1.807, 2.05) is 30.3 Å². The largest absolute Gasteiger partial charge is 0.435 e. The van der Waals surface area contributed by atoms with E-state index in [0.717, 1.165) is 16.8 Å². The molecule has 0 bridgehead atoms. The molecule has 0 aromatic heterocycles. The summed E-state index contributed by atoms with van der Waals surface area (Å²) in [6.07, 6.45) is 0. The van der Waals surface area contributed by atoms with Gasteiger partial charge in [0, 0.05) is 0 Å². The number of fused-ring (bicyclic) bond motifs is 2. The molecule has 4 heteroatoms. The van der Waals surface area contributed by atoms with Crippen LogP contribution < -0.4 is 24.7 Å². The van der Waals surface area contributed by atoms with Crippen LogP contribution in [0.3, 0.4) is 0 Å². The summed E-state index contributed by atoms with van der Waals surface area (Å²) in [6, 6.07) is 27.1. The van der Waals surface area contributed by atoms with Crippen molar-refractivity contribution in [1.29, 1.82) is 0 Å². The Morgan fingerprint density at radius 1 is 0.625 bits per heavy atom. The molecular weight excluding hydrogens is 331 g/mol. The molecule has 120 valence electrons. The van der Waals surface area contributed by atoms with Crippen LogP contribution in [0.1, 0.15) is 0 Å². The van der Waals surface area contributed by atoms with E-state index >= 15 is 0 Å². The van der Waals surface area contributed by atoms with Crippen LogP contribution in [0.4, 0.5) is 0 Å². The minimum absolute atomic E-state index is 0.957. The molecule has 3 aromatic rings. The van der Waals surface area contributed by atoms with Gasteiger partial charge in [-0.05, 0) is 34.6 Å². The van der Waals surface area contributed by atoms with Crippen LogP contribution in [0.2, 0.25) is 13.1 Å². The molecule has 0 N–H and O–H groups in total. The Morgan fingerprint density at radius 2 is 1.08 bits per heavy atom. The van der Waals surface area contributed by atoms with Gasteiger partial charge in [-0.2, -0.15) is 0 Å². The van der Waals surface area contributed by atoms with E-state index in [0.29, 0.717) is 0 Å². The Labute approximate surface area is 145 Å². The predicted molar refractivity (Wildman–Crippen MR) is 104 cm³/mol. The normalized spacial score (nSPS) is 15.9. The zero-order chi connectivity index (χ0) is 16.6. The van der Waals surface area contributed by atoms with Gasteiger partial charge in [0.25, 0.3) is 0 Å². The van der Waals surface area contributed by atoms with Crippen LogP contribution in [0.5, 0.6) is 11.5 Å². The number of para-hydroxylation sites is 2. The number of rotatable bonds is 1. The van der Waals surface area contributed by atoms with Crippen molar-refractivity contribution in [3.63, 3.8) is 0 Å². The van der Waals surface area contributed by atoms with Crippen molar-refractivity contribution < 1.29 is 9.05 Å². The summed E-state index contributed by atoms with van der Waals surface area (Å²) in [5.41, 5.74) is 0. The van der Waals surface area contributed by atoms with E-state index in [2.05, 4.69) is 61.6 Å². The van der Waals surface area contributed by atoms with E-state index in [9.17, 15) is 0 Å². The number of hydrogen-bond acceptors (Lipinski definition) is 2. The molecule has 3 aromatic carbocycles. The summed E-state index contributed by atoms with van der Waals surface area (Å²) in [6.45, 7) is 4.71. The predicted octanol–water partition coefficient (Wildman–Crippen LogP) is 3.92. The molecule has 0 saturated carbocycles. The lowest BCUT2D eigenvalue weighted by Crippen LogP contribution is -2.54. The van der Waals surface area contributed by atoms with Crippen molar-refractivity contribution in [3.8, 4) is 11.5 Å². The van der Waals surface area contributed by atoms with Gasteiger partial charge in [0.2, 0.25) is 0 Å². The van der Waals surface area contributed by atoms with Gasteiger partial charge in [-0.25, -0.2) is 0 Å². The van der Waals surface area contributed by atoms with Crippen LogP contribution in [-0.4, -0.2) is 8.07 Å². The molecule has 0 aliphatic carbocycles. The zero-order valence-electron chi connectivity index (χ0n) is 13.8. The molecule has 1 aliphatic rings. The topological polar surface area (TPSA) is 18.5 Å². The summed E-state index contributed by atoms with van der Waals surface area (Å²) >= 11 is 0. The lowest BCUT2D eigenvalue weighted by atomic mass is 10.3. The summed E-state index contributed by atoms with van der Waals surface area (Å²) in [5, 5.41) is 3.73. The second kappa shape index (κ2) is 6.08. The average molecular weight is 350 g/mol. The molecule has 1 heterocycles. The van der Waals surface area contributed by atoms with E-state index in [-0.39, 0.29) is 0 Å². The van der Waals surface area contributed by atoms with Crippen molar-refractivity contribution in [3.05, 3.63) is 78.9 Å². The van der Waals surface area contributed by atoms with Gasteiger partial charge >= 0.3 is 8.38 Å². The summed E-state index contributed by atoms with van der Waals surface area (Å²) in [5.74, 6) is 1.91. The van der Waals surface area contributed by atoms with Gasteiger partial charge < -0.3 is 9.05 Å². The fourth-order valence-corrected chi connectivity index (χ4v) is 7.45. The molecule has 0 radical (unpaired) electrons. The van der Waals surface area contributed by atoms with Crippen molar-refractivity contribution in [2.45, 2.75) is 13.1 Å². The first-order valence-corrected chi connectivity index (χ1v) is 12.2. The van der Waals surface area contributed by atoms with Crippen molar-refractivity contribution in [1.82, 2.24) is 0 Å². The Kier molecular flexibility index (Phi) is 3.91. The number of hydrogen-bond donors (Lipinski definition) is 0. The Morgan fingerprint density at radius 3 is 1.62 bits per heavy atom. The van der Waals surface area contributed by atoms with Gasteiger partial charge in [-0.15, -0.1) is 0 Å². The average Bonchev–Trinajstić information content (AvgIpc) is 2.61. The minimum atomic E-state index is -1.88. The Hall–Kier alpha value is -2.09. The Balaban J connectivity index is 1.91. The second-order valence-electron chi connectivity index (χ2n) is 6.39. The number of benzene rings is 3. The molecule has 0 spiro atoms. The minimum Gasteiger partial charge on any atom is -0.435 e. The third kappa shape index (κ3) is 2.64. The first-order valence-electron chi connectivity index (χ1n) is 8.06.